The maximum atomic E-state index is 12.4. The predicted octanol–water partition coefficient (Wildman–Crippen LogP) is 4.59. The van der Waals surface area contributed by atoms with Crippen LogP contribution in [0.1, 0.15) is 15.9 Å². The first kappa shape index (κ1) is 19.1. The molecule has 148 valence electrons. The van der Waals surface area contributed by atoms with Crippen LogP contribution in [0.25, 0.3) is 11.1 Å². The first-order valence-corrected chi connectivity index (χ1v) is 9.54. The molecular weight excluding hydrogens is 374 g/mol. The number of amides is 1. The third kappa shape index (κ3) is 4.62. The average molecular weight is 395 g/mol. The number of benzene rings is 2. The van der Waals surface area contributed by atoms with Crippen LogP contribution in [0.15, 0.2) is 91.4 Å². The molecule has 4 N–H and O–H groups in total. The second-order valence-electron chi connectivity index (χ2n) is 6.77. The maximum absolute atomic E-state index is 12.4. The van der Waals surface area contributed by atoms with Crippen molar-refractivity contribution in [1.29, 1.82) is 0 Å². The number of anilines is 3. The lowest BCUT2D eigenvalue weighted by molar-refractivity contribution is 0.102. The van der Waals surface area contributed by atoms with Gasteiger partial charge in [0.05, 0.1) is 11.4 Å². The highest BCUT2D eigenvalue weighted by molar-refractivity contribution is 6.05. The number of hydrogen-bond donors (Lipinski definition) is 3. The van der Waals surface area contributed by atoms with Crippen molar-refractivity contribution in [1.82, 2.24) is 9.97 Å². The lowest BCUT2D eigenvalue weighted by atomic mass is 10.1. The van der Waals surface area contributed by atoms with E-state index in [9.17, 15) is 4.79 Å². The van der Waals surface area contributed by atoms with Crippen molar-refractivity contribution in [2.75, 3.05) is 16.4 Å². The summed E-state index contributed by atoms with van der Waals surface area (Å²) in [5.74, 6) is 0.587. The molecule has 1 amide bonds. The van der Waals surface area contributed by atoms with Gasteiger partial charge in [0.1, 0.15) is 5.82 Å². The monoisotopic (exact) mass is 395 g/mol. The summed E-state index contributed by atoms with van der Waals surface area (Å²) in [4.78, 5) is 21.0. The van der Waals surface area contributed by atoms with Gasteiger partial charge < -0.3 is 16.4 Å². The number of nitrogens with two attached hydrogens (primary N) is 1. The summed E-state index contributed by atoms with van der Waals surface area (Å²) in [5.41, 5.74) is 10.7. The van der Waals surface area contributed by atoms with Crippen molar-refractivity contribution < 1.29 is 4.79 Å². The minimum absolute atomic E-state index is 0.194. The fourth-order valence-corrected chi connectivity index (χ4v) is 2.97. The molecule has 0 radical (unpaired) electrons. The van der Waals surface area contributed by atoms with Crippen LogP contribution >= 0.6 is 0 Å². The van der Waals surface area contributed by atoms with E-state index in [0.29, 0.717) is 23.5 Å². The van der Waals surface area contributed by atoms with Gasteiger partial charge in [-0.25, -0.2) is 4.98 Å². The van der Waals surface area contributed by atoms with Crippen molar-refractivity contribution in [2.24, 2.45) is 0 Å². The molecule has 0 aliphatic rings. The molecule has 6 nitrogen and oxygen atoms in total. The van der Waals surface area contributed by atoms with Crippen LogP contribution in [0.5, 0.6) is 0 Å². The molecule has 0 aliphatic heterocycles. The normalized spacial score (nSPS) is 10.4. The topological polar surface area (TPSA) is 92.9 Å². The van der Waals surface area contributed by atoms with E-state index in [2.05, 4.69) is 20.6 Å². The molecule has 2 aromatic heterocycles. The van der Waals surface area contributed by atoms with Gasteiger partial charge in [-0.1, -0.05) is 30.3 Å². The highest BCUT2D eigenvalue weighted by Gasteiger charge is 2.08. The highest BCUT2D eigenvalue weighted by Crippen LogP contribution is 2.19. The van der Waals surface area contributed by atoms with Crippen molar-refractivity contribution in [3.63, 3.8) is 0 Å². The number of carbonyl (C=O) groups is 1. The molecule has 0 unspecified atom stereocenters. The van der Waals surface area contributed by atoms with Crippen LogP contribution < -0.4 is 16.4 Å². The van der Waals surface area contributed by atoms with Crippen LogP contribution in [0.3, 0.4) is 0 Å². The molecule has 0 bridgehead atoms. The number of para-hydroxylation sites is 2. The van der Waals surface area contributed by atoms with Crippen LogP contribution in [0.4, 0.5) is 17.2 Å². The Morgan fingerprint density at radius 2 is 1.67 bits per heavy atom. The smallest absolute Gasteiger partial charge is 0.255 e. The summed E-state index contributed by atoms with van der Waals surface area (Å²) in [7, 11) is 0. The molecule has 2 aromatic carbocycles. The zero-order valence-electron chi connectivity index (χ0n) is 16.2. The fourth-order valence-electron chi connectivity index (χ4n) is 2.97. The third-order valence-corrected chi connectivity index (χ3v) is 4.66. The molecule has 0 aliphatic carbocycles. The molecular formula is C24H21N5O. The second kappa shape index (κ2) is 8.87. The summed E-state index contributed by atoms with van der Waals surface area (Å²) in [5, 5.41) is 6.12. The lowest BCUT2D eigenvalue weighted by Gasteiger charge is -2.09. The molecule has 4 aromatic rings. The Balaban J connectivity index is 1.34. The molecule has 4 rings (SSSR count). The Bertz CT molecular complexity index is 1130. The number of carbonyl (C=O) groups excluding carboxylic acids is 1. The SMILES string of the molecule is Nc1ccccc1NC(=O)c1ccc(CNc2ccc(-c3cccnc3)cn2)cc1. The Morgan fingerprint density at radius 1 is 0.867 bits per heavy atom. The van der Waals surface area contributed by atoms with Gasteiger partial charge >= 0.3 is 0 Å². The van der Waals surface area contributed by atoms with Gasteiger partial charge in [0.15, 0.2) is 0 Å². The highest BCUT2D eigenvalue weighted by atomic mass is 16.1. The van der Waals surface area contributed by atoms with Gasteiger partial charge in [0.25, 0.3) is 5.91 Å². The number of aromatic nitrogens is 2. The van der Waals surface area contributed by atoms with E-state index in [4.69, 9.17) is 5.73 Å². The van der Waals surface area contributed by atoms with Crippen LogP contribution in [0, 0.1) is 0 Å². The number of nitrogen functional groups attached to an aromatic ring is 1. The van der Waals surface area contributed by atoms with Gasteiger partial charge in [-0.2, -0.15) is 0 Å². The van der Waals surface area contributed by atoms with Crippen molar-refractivity contribution in [2.45, 2.75) is 6.54 Å². The van der Waals surface area contributed by atoms with Gasteiger partial charge in [-0.15, -0.1) is 0 Å². The Morgan fingerprint density at radius 3 is 2.37 bits per heavy atom. The number of rotatable bonds is 6. The largest absolute Gasteiger partial charge is 0.397 e. The summed E-state index contributed by atoms with van der Waals surface area (Å²) >= 11 is 0. The van der Waals surface area contributed by atoms with E-state index in [0.717, 1.165) is 22.5 Å². The molecule has 0 atom stereocenters. The van der Waals surface area contributed by atoms with Gasteiger partial charge in [0.2, 0.25) is 0 Å². The summed E-state index contributed by atoms with van der Waals surface area (Å²) in [6.45, 7) is 0.604. The molecule has 30 heavy (non-hydrogen) atoms. The van der Waals surface area contributed by atoms with Gasteiger partial charge in [-0.05, 0) is 48.0 Å². The Hall–Kier alpha value is -4.19. The summed E-state index contributed by atoms with van der Waals surface area (Å²) in [6, 6.07) is 22.5. The fraction of sp³-hybridized carbons (Fsp3) is 0.0417. The molecule has 0 spiro atoms. The van der Waals surface area contributed by atoms with Gasteiger partial charge in [-0.3, -0.25) is 9.78 Å². The van der Waals surface area contributed by atoms with E-state index >= 15 is 0 Å². The van der Waals surface area contributed by atoms with Crippen LogP contribution in [-0.4, -0.2) is 15.9 Å². The molecule has 0 saturated carbocycles. The van der Waals surface area contributed by atoms with Gasteiger partial charge in [0, 0.05) is 41.8 Å². The average Bonchev–Trinajstić information content (AvgIpc) is 2.80. The molecule has 6 heteroatoms. The zero-order chi connectivity index (χ0) is 20.8. The van der Waals surface area contributed by atoms with Crippen LogP contribution in [-0.2, 0) is 6.54 Å². The second-order valence-corrected chi connectivity index (χ2v) is 6.77. The summed E-state index contributed by atoms with van der Waals surface area (Å²) in [6.07, 6.45) is 5.38. The molecule has 0 saturated heterocycles. The molecule has 2 heterocycles. The summed E-state index contributed by atoms with van der Waals surface area (Å²) < 4.78 is 0. The lowest BCUT2D eigenvalue weighted by Crippen LogP contribution is -2.13. The number of nitrogens with zero attached hydrogens (tertiary/aromatic N) is 2. The number of pyridine rings is 2. The predicted molar refractivity (Wildman–Crippen MR) is 120 cm³/mol. The Kier molecular flexibility index (Phi) is 5.66. The maximum Gasteiger partial charge on any atom is 0.255 e. The van der Waals surface area contributed by atoms with Crippen molar-refractivity contribution in [3.8, 4) is 11.1 Å². The first-order chi connectivity index (χ1) is 14.7. The Labute approximate surface area is 174 Å². The van der Waals surface area contributed by atoms with E-state index in [1.807, 2.05) is 60.9 Å². The standard InChI is InChI=1S/C24H21N5O/c25-21-5-1-2-6-22(21)29-24(30)18-9-7-17(8-10-18)14-27-23-12-11-20(16-28-23)19-4-3-13-26-15-19/h1-13,15-16H,14,25H2,(H,27,28)(H,29,30). The molecule has 0 fully saturated rings. The minimum Gasteiger partial charge on any atom is -0.397 e. The first-order valence-electron chi connectivity index (χ1n) is 9.54. The van der Waals surface area contributed by atoms with E-state index in [1.54, 1.807) is 30.5 Å². The number of nitrogens with one attached hydrogen (secondary N) is 2. The quantitative estimate of drug-likeness (QED) is 0.415. The van der Waals surface area contributed by atoms with Crippen molar-refractivity contribution in [3.05, 3.63) is 103 Å². The van der Waals surface area contributed by atoms with Crippen LogP contribution in [0.2, 0.25) is 0 Å². The zero-order valence-corrected chi connectivity index (χ0v) is 16.2. The minimum atomic E-state index is -0.194. The van der Waals surface area contributed by atoms with E-state index in [1.165, 1.54) is 0 Å². The number of hydrogen-bond acceptors (Lipinski definition) is 5. The van der Waals surface area contributed by atoms with E-state index < -0.39 is 0 Å². The van der Waals surface area contributed by atoms with Crippen molar-refractivity contribution >= 4 is 23.1 Å². The third-order valence-electron chi connectivity index (χ3n) is 4.66. The van der Waals surface area contributed by atoms with E-state index in [-0.39, 0.29) is 5.91 Å².